The van der Waals surface area contributed by atoms with Crippen LogP contribution in [-0.2, 0) is 0 Å². The Morgan fingerprint density at radius 1 is 0.537 bits per heavy atom. The lowest BCUT2D eigenvalue weighted by Gasteiger charge is -2.08. The fraction of sp³-hybridized carbons (Fsp3) is 0.0789. The van der Waals surface area contributed by atoms with Crippen molar-refractivity contribution in [3.05, 3.63) is 156 Å². The Hall–Kier alpha value is -5.15. The van der Waals surface area contributed by atoms with Crippen molar-refractivity contribution in [2.45, 2.75) is 18.3 Å². The summed E-state index contributed by atoms with van der Waals surface area (Å²) in [5.41, 5.74) is 19.6. The molecule has 0 fully saturated rings. The first kappa shape index (κ1) is 26.1. The van der Waals surface area contributed by atoms with Gasteiger partial charge in [0.1, 0.15) is 6.29 Å². The molecule has 0 radical (unpaired) electrons. The van der Waals surface area contributed by atoms with E-state index in [-0.39, 0.29) is 0 Å². The van der Waals surface area contributed by atoms with Gasteiger partial charge in [-0.2, -0.15) is 0 Å². The van der Waals surface area contributed by atoms with E-state index in [9.17, 15) is 4.79 Å². The predicted octanol–water partition coefficient (Wildman–Crippen LogP) is 9.15. The summed E-state index contributed by atoms with van der Waals surface area (Å²) in [6.07, 6.45) is 6.91. The van der Waals surface area contributed by atoms with Crippen LogP contribution in [0.5, 0.6) is 0 Å². The van der Waals surface area contributed by atoms with Gasteiger partial charge in [-0.3, -0.25) is 4.79 Å². The first-order valence-electron chi connectivity index (χ1n) is 13.9. The molecule has 2 aliphatic carbocycles. The van der Waals surface area contributed by atoms with Gasteiger partial charge < -0.3 is 11.5 Å². The summed E-state index contributed by atoms with van der Waals surface area (Å²) in [6.45, 7) is 0. The van der Waals surface area contributed by atoms with Crippen LogP contribution in [0.25, 0.3) is 32.7 Å². The summed E-state index contributed by atoms with van der Waals surface area (Å²) in [4.78, 5) is 10.6. The van der Waals surface area contributed by atoms with Crippen molar-refractivity contribution in [1.82, 2.24) is 0 Å². The maximum absolute atomic E-state index is 10.6. The predicted molar refractivity (Wildman–Crippen MR) is 173 cm³/mol. The molecule has 0 amide bonds. The summed E-state index contributed by atoms with van der Waals surface area (Å²) in [7, 11) is 0. The van der Waals surface area contributed by atoms with Gasteiger partial charge in [0.25, 0.3) is 0 Å². The third kappa shape index (κ3) is 5.48. The van der Waals surface area contributed by atoms with E-state index in [1.807, 2.05) is 72.8 Å². The zero-order valence-corrected chi connectivity index (χ0v) is 22.8. The van der Waals surface area contributed by atoms with E-state index in [0.717, 1.165) is 62.2 Å². The minimum atomic E-state index is 0.714. The van der Waals surface area contributed by atoms with Crippen molar-refractivity contribution in [3.63, 3.8) is 0 Å². The zero-order valence-electron chi connectivity index (χ0n) is 22.8. The Labute approximate surface area is 240 Å². The van der Waals surface area contributed by atoms with Crippen LogP contribution in [0.2, 0.25) is 0 Å². The largest absolute Gasteiger partial charge is 0.398 e. The zero-order chi connectivity index (χ0) is 28.2. The lowest BCUT2D eigenvalue weighted by atomic mass is 9.97. The van der Waals surface area contributed by atoms with Gasteiger partial charge in [0.05, 0.1) is 0 Å². The molecule has 2 bridgehead atoms. The summed E-state index contributed by atoms with van der Waals surface area (Å²) in [5, 5.41) is 4.43. The SMILES string of the molecule is C1=CC2CC1c1ccccc12.Nc1cccc2cc3c(N)cccc3cc12.O=Cc1cccc(-c2ccccc2)c1. The second-order valence-electron chi connectivity index (χ2n) is 10.6. The summed E-state index contributed by atoms with van der Waals surface area (Å²) >= 11 is 0. The molecular weight excluding hydrogens is 500 g/mol. The van der Waals surface area contributed by atoms with Gasteiger partial charge in [-0.05, 0) is 69.8 Å². The molecule has 0 heterocycles. The number of nitrogens with two attached hydrogens (primary N) is 2. The second kappa shape index (κ2) is 11.5. The number of hydrogen-bond acceptors (Lipinski definition) is 3. The van der Waals surface area contributed by atoms with Crippen molar-refractivity contribution < 1.29 is 4.79 Å². The van der Waals surface area contributed by atoms with E-state index in [2.05, 4.69) is 60.7 Å². The average Bonchev–Trinajstić information content (AvgIpc) is 3.66. The fourth-order valence-electron chi connectivity index (χ4n) is 5.87. The van der Waals surface area contributed by atoms with E-state index in [1.54, 1.807) is 17.2 Å². The monoisotopic (exact) mass is 532 g/mol. The number of carbonyl (C=O) groups excluding carboxylic acids is 1. The van der Waals surface area contributed by atoms with Crippen LogP contribution in [0.1, 0.15) is 39.7 Å². The lowest BCUT2D eigenvalue weighted by molar-refractivity contribution is 0.112. The molecule has 0 aliphatic heterocycles. The van der Waals surface area contributed by atoms with Crippen molar-refractivity contribution in [2.24, 2.45) is 0 Å². The highest BCUT2D eigenvalue weighted by Crippen LogP contribution is 2.47. The molecule has 200 valence electrons. The number of benzene rings is 6. The van der Waals surface area contributed by atoms with Crippen LogP contribution in [0.4, 0.5) is 11.4 Å². The Morgan fingerprint density at radius 2 is 1.05 bits per heavy atom. The minimum absolute atomic E-state index is 0.714. The Balaban J connectivity index is 0.000000112. The first-order chi connectivity index (χ1) is 20.1. The summed E-state index contributed by atoms with van der Waals surface area (Å²) < 4.78 is 0. The number of nitrogen functional groups attached to an aromatic ring is 2. The van der Waals surface area contributed by atoms with Gasteiger partial charge in [0, 0.05) is 39.5 Å². The quantitative estimate of drug-likeness (QED) is 0.101. The van der Waals surface area contributed by atoms with E-state index in [1.165, 1.54) is 6.42 Å². The first-order valence-corrected chi connectivity index (χ1v) is 13.9. The van der Waals surface area contributed by atoms with Crippen LogP contribution in [0.3, 0.4) is 0 Å². The van der Waals surface area contributed by atoms with Gasteiger partial charge in [-0.15, -0.1) is 0 Å². The van der Waals surface area contributed by atoms with Gasteiger partial charge in [0.2, 0.25) is 0 Å². The molecule has 3 nitrogen and oxygen atoms in total. The van der Waals surface area contributed by atoms with Crippen molar-refractivity contribution in [1.29, 1.82) is 0 Å². The maximum atomic E-state index is 10.6. The summed E-state index contributed by atoms with van der Waals surface area (Å²) in [6, 6.07) is 42.5. The number of rotatable bonds is 2. The Kier molecular flexibility index (Phi) is 7.34. The molecule has 0 saturated carbocycles. The third-order valence-corrected chi connectivity index (χ3v) is 7.96. The molecule has 0 saturated heterocycles. The van der Waals surface area contributed by atoms with Crippen LogP contribution >= 0.6 is 0 Å². The lowest BCUT2D eigenvalue weighted by Crippen LogP contribution is -1.90. The maximum Gasteiger partial charge on any atom is 0.150 e. The van der Waals surface area contributed by atoms with Gasteiger partial charge in [-0.25, -0.2) is 0 Å². The standard InChI is InChI=1S/C14H12N2.C13H10O.C11H10/c15-13-5-1-3-9-7-12-10(8-11(9)13)4-2-6-14(12)16;14-10-11-5-4-8-13(9-11)12-6-2-1-3-7-12;1-2-4-11-9-6-5-8(7-9)10(11)3-1/h1-8H,15-16H2;1-10H;1-6,8-9H,7H2. The van der Waals surface area contributed by atoms with Crippen LogP contribution in [-0.4, -0.2) is 6.29 Å². The molecule has 4 N–H and O–H groups in total. The molecule has 2 atom stereocenters. The smallest absolute Gasteiger partial charge is 0.150 e. The van der Waals surface area contributed by atoms with Crippen LogP contribution < -0.4 is 11.5 Å². The van der Waals surface area contributed by atoms with Crippen LogP contribution in [0, 0.1) is 0 Å². The molecule has 0 spiro atoms. The topological polar surface area (TPSA) is 69.1 Å². The number of allylic oxidation sites excluding steroid dienone is 2. The van der Waals surface area contributed by atoms with Gasteiger partial charge >= 0.3 is 0 Å². The molecule has 6 aromatic carbocycles. The van der Waals surface area contributed by atoms with Gasteiger partial charge in [-0.1, -0.05) is 109 Å². The van der Waals surface area contributed by atoms with Crippen molar-refractivity contribution in [3.8, 4) is 11.1 Å². The van der Waals surface area contributed by atoms with Crippen LogP contribution in [0.15, 0.2) is 140 Å². The molecule has 3 heteroatoms. The van der Waals surface area contributed by atoms with Crippen molar-refractivity contribution >= 4 is 39.2 Å². The number of hydrogen-bond donors (Lipinski definition) is 2. The highest BCUT2D eigenvalue weighted by molar-refractivity contribution is 6.06. The molecule has 2 unspecified atom stereocenters. The second-order valence-corrected chi connectivity index (χ2v) is 10.6. The third-order valence-electron chi connectivity index (χ3n) is 7.96. The number of carbonyl (C=O) groups is 1. The number of aldehydes is 1. The molecule has 8 rings (SSSR count). The van der Waals surface area contributed by atoms with E-state index >= 15 is 0 Å². The molecule has 6 aromatic rings. The van der Waals surface area contributed by atoms with E-state index in [4.69, 9.17) is 11.5 Å². The fourth-order valence-corrected chi connectivity index (χ4v) is 5.87. The highest BCUT2D eigenvalue weighted by Gasteiger charge is 2.31. The Bertz CT molecular complexity index is 1780. The molecule has 0 aromatic heterocycles. The van der Waals surface area contributed by atoms with Gasteiger partial charge in [0.15, 0.2) is 0 Å². The molecule has 2 aliphatic rings. The normalized spacial score (nSPS) is 15.9. The highest BCUT2D eigenvalue weighted by atomic mass is 16.1. The molecule has 41 heavy (non-hydrogen) atoms. The van der Waals surface area contributed by atoms with Crippen molar-refractivity contribution in [2.75, 3.05) is 11.5 Å². The molecular formula is C38H32N2O. The summed E-state index contributed by atoms with van der Waals surface area (Å²) in [5.74, 6) is 1.49. The van der Waals surface area contributed by atoms with E-state index in [0.29, 0.717) is 5.56 Å². The Morgan fingerprint density at radius 3 is 1.61 bits per heavy atom. The average molecular weight is 533 g/mol. The number of anilines is 2. The number of fused-ring (bicyclic) bond motifs is 7. The van der Waals surface area contributed by atoms with E-state index < -0.39 is 0 Å². The minimum Gasteiger partial charge on any atom is -0.398 e.